The summed E-state index contributed by atoms with van der Waals surface area (Å²) in [6, 6.07) is 11.2. The van der Waals surface area contributed by atoms with Gasteiger partial charge < -0.3 is 9.80 Å². The fourth-order valence-electron chi connectivity index (χ4n) is 6.04. The highest BCUT2D eigenvalue weighted by Crippen LogP contribution is 2.44. The Hall–Kier alpha value is -3.02. The van der Waals surface area contributed by atoms with Gasteiger partial charge >= 0.3 is 0 Å². The summed E-state index contributed by atoms with van der Waals surface area (Å²) in [4.78, 5) is 31.9. The van der Waals surface area contributed by atoms with Crippen molar-refractivity contribution in [2.24, 2.45) is 5.92 Å². The van der Waals surface area contributed by atoms with Gasteiger partial charge in [-0.3, -0.25) is 9.78 Å². The first kappa shape index (κ1) is 19.6. The lowest BCUT2D eigenvalue weighted by Gasteiger charge is -2.36. The number of pyridine rings is 1. The van der Waals surface area contributed by atoms with Crippen molar-refractivity contribution in [3.8, 4) is 0 Å². The summed E-state index contributed by atoms with van der Waals surface area (Å²) < 4.78 is 0. The van der Waals surface area contributed by atoms with E-state index in [1.165, 1.54) is 31.2 Å². The molecule has 32 heavy (non-hydrogen) atoms. The smallest absolute Gasteiger partial charge is 0.232 e. The fourth-order valence-corrected chi connectivity index (χ4v) is 6.04. The molecular formula is C26H29N5O. The molecule has 2 saturated carbocycles. The molecule has 1 aromatic carbocycles. The zero-order valence-electron chi connectivity index (χ0n) is 18.6. The van der Waals surface area contributed by atoms with Crippen LogP contribution in [0.3, 0.4) is 0 Å². The van der Waals surface area contributed by atoms with Crippen LogP contribution >= 0.6 is 0 Å². The highest BCUT2D eigenvalue weighted by Gasteiger charge is 2.45. The molecule has 2 aromatic heterocycles. The van der Waals surface area contributed by atoms with Crippen LogP contribution in [0.1, 0.15) is 56.3 Å². The van der Waals surface area contributed by atoms with E-state index in [-0.39, 0.29) is 17.9 Å². The van der Waals surface area contributed by atoms with Crippen molar-refractivity contribution in [3.63, 3.8) is 0 Å². The highest BCUT2D eigenvalue weighted by atomic mass is 16.2. The summed E-state index contributed by atoms with van der Waals surface area (Å²) in [5.41, 5.74) is 3.04. The van der Waals surface area contributed by atoms with Crippen LogP contribution < -0.4 is 9.80 Å². The van der Waals surface area contributed by atoms with Gasteiger partial charge in [0.2, 0.25) is 5.91 Å². The van der Waals surface area contributed by atoms with Crippen molar-refractivity contribution in [1.82, 2.24) is 15.0 Å². The highest BCUT2D eigenvalue weighted by molar-refractivity contribution is 5.99. The minimum Gasteiger partial charge on any atom is -0.348 e. The molecule has 1 amide bonds. The van der Waals surface area contributed by atoms with Crippen LogP contribution in [-0.4, -0.2) is 40.0 Å². The third-order valence-corrected chi connectivity index (χ3v) is 7.64. The quantitative estimate of drug-likeness (QED) is 0.615. The first-order valence-corrected chi connectivity index (χ1v) is 11.9. The average Bonchev–Trinajstić information content (AvgIpc) is 3.50. The molecule has 164 valence electrons. The Morgan fingerprint density at radius 1 is 1.03 bits per heavy atom. The average molecular weight is 428 g/mol. The monoisotopic (exact) mass is 427 g/mol. The van der Waals surface area contributed by atoms with Crippen LogP contribution in [0.15, 0.2) is 42.7 Å². The van der Waals surface area contributed by atoms with E-state index in [1.807, 2.05) is 30.4 Å². The molecule has 1 aliphatic heterocycles. The molecule has 0 saturated heterocycles. The van der Waals surface area contributed by atoms with Crippen LogP contribution in [0.5, 0.6) is 0 Å². The van der Waals surface area contributed by atoms with E-state index in [0.29, 0.717) is 12.5 Å². The van der Waals surface area contributed by atoms with Crippen molar-refractivity contribution in [2.45, 2.75) is 63.5 Å². The summed E-state index contributed by atoms with van der Waals surface area (Å²) >= 11 is 0. The number of amides is 1. The van der Waals surface area contributed by atoms with E-state index in [4.69, 9.17) is 9.97 Å². The Morgan fingerprint density at radius 2 is 1.91 bits per heavy atom. The molecule has 3 heterocycles. The topological polar surface area (TPSA) is 62.2 Å². The lowest BCUT2D eigenvalue weighted by atomic mass is 9.99. The molecule has 6 nitrogen and oxygen atoms in total. The predicted molar refractivity (Wildman–Crippen MR) is 126 cm³/mol. The van der Waals surface area contributed by atoms with Gasteiger partial charge in [-0.25, -0.2) is 9.97 Å². The number of benzene rings is 1. The normalized spacial score (nSPS) is 23.5. The van der Waals surface area contributed by atoms with Crippen molar-refractivity contribution >= 4 is 28.3 Å². The van der Waals surface area contributed by atoms with Crippen LogP contribution in [0, 0.1) is 5.92 Å². The Balaban J connectivity index is 1.41. The van der Waals surface area contributed by atoms with E-state index in [0.717, 1.165) is 47.5 Å². The van der Waals surface area contributed by atoms with Crippen molar-refractivity contribution < 1.29 is 4.79 Å². The summed E-state index contributed by atoms with van der Waals surface area (Å²) in [5, 5.41) is 1.13. The minimum absolute atomic E-state index is 0.0752. The number of anilines is 2. The summed E-state index contributed by atoms with van der Waals surface area (Å²) in [6.07, 6.45) is 12.5. The van der Waals surface area contributed by atoms with E-state index >= 15 is 0 Å². The van der Waals surface area contributed by atoms with Crippen molar-refractivity contribution in [1.29, 1.82) is 0 Å². The SMILES string of the molecule is CN1C(=O)[C@H]2CCC[C@H]2N(C2CCCC2)c2nc(Cc3ccc4ncccc4c3)ncc21. The van der Waals surface area contributed by atoms with E-state index in [9.17, 15) is 4.79 Å². The van der Waals surface area contributed by atoms with Gasteiger partial charge in [-0.1, -0.05) is 31.4 Å². The minimum atomic E-state index is 0.0752. The van der Waals surface area contributed by atoms with Crippen molar-refractivity contribution in [2.75, 3.05) is 16.8 Å². The molecule has 0 N–H and O–H groups in total. The van der Waals surface area contributed by atoms with E-state index in [2.05, 4.69) is 34.1 Å². The molecule has 0 unspecified atom stereocenters. The molecular weight excluding hydrogens is 398 g/mol. The number of hydrogen-bond acceptors (Lipinski definition) is 5. The van der Waals surface area contributed by atoms with Gasteiger partial charge in [-0.05, 0) is 49.4 Å². The van der Waals surface area contributed by atoms with Crippen LogP contribution in [0.25, 0.3) is 10.9 Å². The maximum Gasteiger partial charge on any atom is 0.232 e. The van der Waals surface area contributed by atoms with Crippen LogP contribution in [-0.2, 0) is 11.2 Å². The molecule has 0 bridgehead atoms. The number of nitrogens with zero attached hydrogens (tertiary/aromatic N) is 5. The molecule has 6 heteroatoms. The van der Waals surface area contributed by atoms with Crippen molar-refractivity contribution in [3.05, 3.63) is 54.1 Å². The van der Waals surface area contributed by atoms with Gasteiger partial charge in [0.05, 0.1) is 17.6 Å². The summed E-state index contributed by atoms with van der Waals surface area (Å²) in [7, 11) is 1.90. The van der Waals surface area contributed by atoms with Gasteiger partial charge in [0.25, 0.3) is 0 Å². The molecule has 2 fully saturated rings. The number of aromatic nitrogens is 3. The molecule has 0 radical (unpaired) electrons. The Kier molecular flexibility index (Phi) is 4.81. The van der Waals surface area contributed by atoms with Gasteiger partial charge in [-0.15, -0.1) is 0 Å². The molecule has 3 aromatic rings. The Morgan fingerprint density at radius 3 is 2.78 bits per heavy atom. The second-order valence-electron chi connectivity index (χ2n) is 9.55. The van der Waals surface area contributed by atoms with Crippen LogP contribution in [0.4, 0.5) is 11.5 Å². The van der Waals surface area contributed by atoms with Crippen LogP contribution in [0.2, 0.25) is 0 Å². The Bertz CT molecular complexity index is 1170. The molecule has 3 aliphatic rings. The zero-order chi connectivity index (χ0) is 21.7. The maximum absolute atomic E-state index is 13.3. The number of hydrogen-bond donors (Lipinski definition) is 0. The van der Waals surface area contributed by atoms with E-state index in [1.54, 1.807) is 0 Å². The lowest BCUT2D eigenvalue weighted by Crippen LogP contribution is -2.46. The third-order valence-electron chi connectivity index (χ3n) is 7.64. The predicted octanol–water partition coefficient (Wildman–Crippen LogP) is 4.51. The van der Waals surface area contributed by atoms with Gasteiger partial charge in [0.1, 0.15) is 11.5 Å². The summed E-state index contributed by atoms with van der Waals surface area (Å²) in [5.74, 6) is 2.08. The molecule has 6 rings (SSSR count). The number of rotatable bonds is 3. The zero-order valence-corrected chi connectivity index (χ0v) is 18.6. The van der Waals surface area contributed by atoms with Gasteiger partial charge in [0.15, 0.2) is 5.82 Å². The Labute approximate surface area is 188 Å². The second kappa shape index (κ2) is 7.84. The number of carbonyl (C=O) groups excluding carboxylic acids is 1. The molecule has 2 atom stereocenters. The maximum atomic E-state index is 13.3. The fraction of sp³-hybridized carbons (Fsp3) is 0.462. The summed E-state index contributed by atoms with van der Waals surface area (Å²) in [6.45, 7) is 0. The first-order chi connectivity index (χ1) is 15.7. The molecule has 0 spiro atoms. The van der Waals surface area contributed by atoms with Gasteiger partial charge in [0, 0.05) is 37.1 Å². The molecule has 2 aliphatic carbocycles. The van der Waals surface area contributed by atoms with E-state index < -0.39 is 0 Å². The van der Waals surface area contributed by atoms with Gasteiger partial charge in [-0.2, -0.15) is 0 Å². The number of fused-ring (bicyclic) bond motifs is 3. The first-order valence-electron chi connectivity index (χ1n) is 11.9. The second-order valence-corrected chi connectivity index (χ2v) is 9.55. The largest absolute Gasteiger partial charge is 0.348 e. The number of carbonyl (C=O) groups is 1. The third kappa shape index (κ3) is 3.24. The standard InChI is InChI=1S/C26H29N5O/c1-30-23-16-28-24(15-17-11-12-21-18(14-17)6-5-13-27-21)29-25(23)31(19-7-2-3-8-19)22-10-4-9-20(22)26(30)32/h5-6,11-14,16,19-20,22H,2-4,7-10,15H2,1H3/t20-,22+/m0/s1. The lowest BCUT2D eigenvalue weighted by molar-refractivity contribution is -0.122.